The lowest BCUT2D eigenvalue weighted by atomic mass is 9.57. The van der Waals surface area contributed by atoms with Crippen molar-refractivity contribution >= 4 is 0 Å². The molecule has 0 bridgehead atoms. The molecule has 2 heterocycles. The third kappa shape index (κ3) is 1.46. The molecule has 2 aliphatic carbocycles. The topological polar surface area (TPSA) is 38.9 Å². The van der Waals surface area contributed by atoms with Gasteiger partial charge in [0.15, 0.2) is 0 Å². The summed E-state index contributed by atoms with van der Waals surface area (Å²) in [6.07, 6.45) is 7.22. The normalized spacial score (nSPS) is 31.4. The number of hydrogen-bond donors (Lipinski definition) is 0. The van der Waals surface area contributed by atoms with Crippen LogP contribution < -0.4 is 0 Å². The molecule has 2 aromatic rings. The van der Waals surface area contributed by atoms with Crippen molar-refractivity contribution in [2.45, 2.75) is 51.4 Å². The van der Waals surface area contributed by atoms with Crippen molar-refractivity contribution in [3.8, 4) is 0 Å². The summed E-state index contributed by atoms with van der Waals surface area (Å²) in [6, 6.07) is 2.13. The number of aromatic nitrogens is 2. The minimum atomic E-state index is 0.123. The molecule has 3 atom stereocenters. The van der Waals surface area contributed by atoms with E-state index in [0.717, 1.165) is 18.7 Å². The summed E-state index contributed by atoms with van der Waals surface area (Å²) in [5, 5.41) is 0. The second kappa shape index (κ2) is 3.94. The summed E-state index contributed by atoms with van der Waals surface area (Å²) in [4.78, 5) is 9.20. The molecular weight excluding hydrogens is 248 g/mol. The molecule has 0 saturated carbocycles. The highest BCUT2D eigenvalue weighted by Gasteiger charge is 2.49. The van der Waals surface area contributed by atoms with E-state index in [1.54, 1.807) is 0 Å². The van der Waals surface area contributed by atoms with Gasteiger partial charge < -0.3 is 4.42 Å². The maximum atomic E-state index is 5.74. The maximum Gasteiger partial charge on any atom is 0.125 e. The van der Waals surface area contributed by atoms with E-state index in [1.807, 2.05) is 19.4 Å². The Bertz CT molecular complexity index is 675. The SMILES string of the molecule is Cc1ncc2c(n1)[C@@]1(C)Cc3ccoc3[C@@H](C)[C@@H]1CC2. The predicted molar refractivity (Wildman–Crippen MR) is 76.8 cm³/mol. The van der Waals surface area contributed by atoms with Crippen LogP contribution in [0.2, 0.25) is 0 Å². The molecule has 0 spiro atoms. The van der Waals surface area contributed by atoms with E-state index in [1.165, 1.54) is 29.0 Å². The first-order chi connectivity index (χ1) is 9.59. The van der Waals surface area contributed by atoms with Gasteiger partial charge in [-0.25, -0.2) is 9.97 Å². The van der Waals surface area contributed by atoms with Gasteiger partial charge in [0.2, 0.25) is 0 Å². The van der Waals surface area contributed by atoms with Crippen LogP contribution in [0.15, 0.2) is 22.9 Å². The molecule has 0 radical (unpaired) electrons. The second-order valence-electron chi connectivity index (χ2n) is 6.63. The van der Waals surface area contributed by atoms with Crippen LogP contribution in [-0.4, -0.2) is 9.97 Å². The van der Waals surface area contributed by atoms with Crippen LogP contribution in [-0.2, 0) is 18.3 Å². The number of aryl methyl sites for hydroxylation is 2. The van der Waals surface area contributed by atoms with Gasteiger partial charge in [-0.3, -0.25) is 0 Å². The van der Waals surface area contributed by atoms with Gasteiger partial charge in [0.05, 0.1) is 12.0 Å². The Labute approximate surface area is 119 Å². The highest BCUT2D eigenvalue weighted by atomic mass is 16.3. The number of furan rings is 1. The molecule has 0 aliphatic heterocycles. The molecule has 0 aromatic carbocycles. The van der Waals surface area contributed by atoms with Gasteiger partial charge in [0.1, 0.15) is 11.6 Å². The minimum absolute atomic E-state index is 0.123. The molecule has 2 aliphatic rings. The monoisotopic (exact) mass is 268 g/mol. The molecule has 0 unspecified atom stereocenters. The Balaban J connectivity index is 1.91. The lowest BCUT2D eigenvalue weighted by Crippen LogP contribution is -2.45. The van der Waals surface area contributed by atoms with Crippen molar-refractivity contribution in [2.75, 3.05) is 0 Å². The van der Waals surface area contributed by atoms with Crippen molar-refractivity contribution in [1.29, 1.82) is 0 Å². The Morgan fingerprint density at radius 1 is 1.35 bits per heavy atom. The molecule has 4 rings (SSSR count). The van der Waals surface area contributed by atoms with Crippen LogP contribution >= 0.6 is 0 Å². The summed E-state index contributed by atoms with van der Waals surface area (Å²) in [6.45, 7) is 6.68. The van der Waals surface area contributed by atoms with Crippen molar-refractivity contribution in [1.82, 2.24) is 9.97 Å². The van der Waals surface area contributed by atoms with E-state index in [0.29, 0.717) is 11.8 Å². The van der Waals surface area contributed by atoms with Crippen LogP contribution in [0.5, 0.6) is 0 Å². The van der Waals surface area contributed by atoms with Gasteiger partial charge >= 0.3 is 0 Å². The third-order valence-corrected chi connectivity index (χ3v) is 5.42. The fourth-order valence-corrected chi connectivity index (χ4v) is 4.47. The Morgan fingerprint density at radius 2 is 2.20 bits per heavy atom. The average molecular weight is 268 g/mol. The molecule has 104 valence electrons. The molecule has 3 heteroatoms. The number of rotatable bonds is 0. The molecule has 20 heavy (non-hydrogen) atoms. The van der Waals surface area contributed by atoms with Crippen molar-refractivity contribution in [2.24, 2.45) is 5.92 Å². The van der Waals surface area contributed by atoms with E-state index in [2.05, 4.69) is 24.9 Å². The third-order valence-electron chi connectivity index (χ3n) is 5.42. The van der Waals surface area contributed by atoms with E-state index < -0.39 is 0 Å². The largest absolute Gasteiger partial charge is 0.469 e. The standard InChI is InChI=1S/C17H20N2O/c1-10-14-5-4-13-9-18-11(2)19-16(13)17(14,3)8-12-6-7-20-15(10)12/h6-7,9-10,14H,4-5,8H2,1-3H3/t10-,14-,17-/m0/s1. The van der Waals surface area contributed by atoms with Crippen LogP contribution in [0.3, 0.4) is 0 Å². The average Bonchev–Trinajstić information content (AvgIpc) is 2.87. The van der Waals surface area contributed by atoms with Crippen LogP contribution in [0.25, 0.3) is 0 Å². The second-order valence-corrected chi connectivity index (χ2v) is 6.63. The van der Waals surface area contributed by atoms with Crippen LogP contribution in [0.4, 0.5) is 0 Å². The lowest BCUT2D eigenvalue weighted by Gasteiger charge is -2.47. The fourth-order valence-electron chi connectivity index (χ4n) is 4.47. The van der Waals surface area contributed by atoms with Gasteiger partial charge in [-0.1, -0.05) is 13.8 Å². The van der Waals surface area contributed by atoms with E-state index in [-0.39, 0.29) is 5.41 Å². The van der Waals surface area contributed by atoms with Crippen molar-refractivity contribution in [3.63, 3.8) is 0 Å². The summed E-state index contributed by atoms with van der Waals surface area (Å²) >= 11 is 0. The van der Waals surface area contributed by atoms with Crippen LogP contribution in [0.1, 0.15) is 54.6 Å². The predicted octanol–water partition coefficient (Wildman–Crippen LogP) is 3.56. The highest BCUT2D eigenvalue weighted by molar-refractivity contribution is 5.39. The molecular formula is C17H20N2O. The number of nitrogens with zero attached hydrogens (tertiary/aromatic N) is 2. The van der Waals surface area contributed by atoms with E-state index in [4.69, 9.17) is 9.40 Å². The zero-order valence-corrected chi connectivity index (χ0v) is 12.3. The molecule has 0 N–H and O–H groups in total. The van der Waals surface area contributed by atoms with E-state index >= 15 is 0 Å². The summed E-state index contributed by atoms with van der Waals surface area (Å²) in [7, 11) is 0. The summed E-state index contributed by atoms with van der Waals surface area (Å²) in [5.74, 6) is 3.17. The first-order valence-corrected chi connectivity index (χ1v) is 7.49. The Morgan fingerprint density at radius 3 is 3.05 bits per heavy atom. The first kappa shape index (κ1) is 12.1. The quantitative estimate of drug-likeness (QED) is 0.733. The highest BCUT2D eigenvalue weighted by Crippen LogP contribution is 2.53. The summed E-state index contributed by atoms with van der Waals surface area (Å²) in [5.41, 5.74) is 4.10. The Hall–Kier alpha value is -1.64. The van der Waals surface area contributed by atoms with Crippen LogP contribution in [0, 0.1) is 12.8 Å². The van der Waals surface area contributed by atoms with Gasteiger partial charge in [-0.2, -0.15) is 0 Å². The lowest BCUT2D eigenvalue weighted by molar-refractivity contribution is 0.178. The fraction of sp³-hybridized carbons (Fsp3) is 0.529. The van der Waals surface area contributed by atoms with Crippen molar-refractivity contribution < 1.29 is 4.42 Å². The summed E-state index contributed by atoms with van der Waals surface area (Å²) < 4.78 is 5.74. The molecule has 0 fully saturated rings. The Kier molecular flexibility index (Phi) is 2.39. The molecule has 2 aromatic heterocycles. The molecule has 3 nitrogen and oxygen atoms in total. The smallest absolute Gasteiger partial charge is 0.125 e. The first-order valence-electron chi connectivity index (χ1n) is 7.49. The zero-order valence-electron chi connectivity index (χ0n) is 12.3. The zero-order chi connectivity index (χ0) is 13.9. The minimum Gasteiger partial charge on any atom is -0.469 e. The molecule has 0 saturated heterocycles. The van der Waals surface area contributed by atoms with Crippen molar-refractivity contribution in [3.05, 3.63) is 46.9 Å². The van der Waals surface area contributed by atoms with Gasteiger partial charge in [-0.05, 0) is 49.3 Å². The van der Waals surface area contributed by atoms with E-state index in [9.17, 15) is 0 Å². The van der Waals surface area contributed by atoms with Gasteiger partial charge in [-0.15, -0.1) is 0 Å². The number of fused-ring (bicyclic) bond motifs is 4. The number of hydrogen-bond acceptors (Lipinski definition) is 3. The van der Waals surface area contributed by atoms with Gasteiger partial charge in [0, 0.05) is 17.5 Å². The maximum absolute atomic E-state index is 5.74. The van der Waals surface area contributed by atoms with Gasteiger partial charge in [0.25, 0.3) is 0 Å². The molecule has 0 amide bonds.